The average Bonchev–Trinajstić information content (AvgIpc) is 2.92. The van der Waals surface area contributed by atoms with Crippen molar-refractivity contribution < 1.29 is 9.47 Å². The Kier molecular flexibility index (Phi) is 4.55. The van der Waals surface area contributed by atoms with E-state index in [1.807, 2.05) is 6.07 Å². The molecule has 20 heavy (non-hydrogen) atoms. The number of nitrogens with one attached hydrogen (secondary N) is 1. The lowest BCUT2D eigenvalue weighted by Gasteiger charge is -2.40. The standard InChI is InChI=1S/C14H21N3O2S/c1-2-15-11-4-5-14(18-8-9-19-14)10-12(11)20-13-16-6-3-7-17-13/h3,6-7,11-12,15H,2,4-5,8-10H2,1H3. The molecule has 1 N–H and O–H groups in total. The van der Waals surface area contributed by atoms with Crippen LogP contribution < -0.4 is 5.32 Å². The van der Waals surface area contributed by atoms with Gasteiger partial charge in [0.15, 0.2) is 10.9 Å². The highest BCUT2D eigenvalue weighted by Gasteiger charge is 2.45. The van der Waals surface area contributed by atoms with Crippen molar-refractivity contribution in [1.82, 2.24) is 15.3 Å². The summed E-state index contributed by atoms with van der Waals surface area (Å²) in [7, 11) is 0. The maximum atomic E-state index is 5.87. The van der Waals surface area contributed by atoms with Crippen LogP contribution in [-0.4, -0.2) is 46.8 Å². The summed E-state index contributed by atoms with van der Waals surface area (Å²) in [5, 5.41) is 4.78. The second kappa shape index (κ2) is 6.39. The van der Waals surface area contributed by atoms with E-state index < -0.39 is 0 Å². The van der Waals surface area contributed by atoms with Gasteiger partial charge in [0.25, 0.3) is 0 Å². The van der Waals surface area contributed by atoms with Crippen LogP contribution in [-0.2, 0) is 9.47 Å². The molecule has 0 bridgehead atoms. The van der Waals surface area contributed by atoms with E-state index in [2.05, 4.69) is 22.2 Å². The van der Waals surface area contributed by atoms with Crippen molar-refractivity contribution in [1.29, 1.82) is 0 Å². The van der Waals surface area contributed by atoms with Crippen LogP contribution in [0.25, 0.3) is 0 Å². The van der Waals surface area contributed by atoms with Gasteiger partial charge < -0.3 is 14.8 Å². The monoisotopic (exact) mass is 295 g/mol. The smallest absolute Gasteiger partial charge is 0.187 e. The maximum Gasteiger partial charge on any atom is 0.187 e. The van der Waals surface area contributed by atoms with Gasteiger partial charge in [-0.25, -0.2) is 9.97 Å². The molecule has 110 valence electrons. The van der Waals surface area contributed by atoms with Gasteiger partial charge in [-0.1, -0.05) is 18.7 Å². The number of hydrogen-bond donors (Lipinski definition) is 1. The third kappa shape index (κ3) is 3.14. The SMILES string of the molecule is CCNC1CCC2(CC1Sc1ncccn1)OCCO2. The first-order valence-corrected chi connectivity index (χ1v) is 8.14. The first-order chi connectivity index (χ1) is 9.81. The van der Waals surface area contributed by atoms with Crippen LogP contribution in [0.2, 0.25) is 0 Å². The molecule has 1 aromatic rings. The van der Waals surface area contributed by atoms with E-state index in [1.54, 1.807) is 24.2 Å². The fourth-order valence-corrected chi connectivity index (χ4v) is 4.22. The molecule has 1 aliphatic carbocycles. The van der Waals surface area contributed by atoms with Gasteiger partial charge in [-0.05, 0) is 19.0 Å². The first kappa shape index (κ1) is 14.3. The highest BCUT2D eigenvalue weighted by Crippen LogP contribution is 2.41. The topological polar surface area (TPSA) is 56.3 Å². The molecule has 2 fully saturated rings. The van der Waals surface area contributed by atoms with Crippen LogP contribution in [0.5, 0.6) is 0 Å². The minimum Gasteiger partial charge on any atom is -0.347 e. The molecule has 0 amide bonds. The summed E-state index contributed by atoms with van der Waals surface area (Å²) >= 11 is 1.73. The summed E-state index contributed by atoms with van der Waals surface area (Å²) in [4.78, 5) is 8.65. The number of nitrogens with zero attached hydrogens (tertiary/aromatic N) is 2. The number of ether oxygens (including phenoxy) is 2. The van der Waals surface area contributed by atoms with Gasteiger partial charge in [-0.3, -0.25) is 0 Å². The Morgan fingerprint density at radius 2 is 2.10 bits per heavy atom. The molecule has 3 rings (SSSR count). The van der Waals surface area contributed by atoms with E-state index in [0.29, 0.717) is 24.5 Å². The van der Waals surface area contributed by atoms with Gasteiger partial charge in [0.05, 0.1) is 13.2 Å². The summed E-state index contributed by atoms with van der Waals surface area (Å²) < 4.78 is 11.7. The molecular weight excluding hydrogens is 274 g/mol. The zero-order chi connectivity index (χ0) is 13.8. The van der Waals surface area contributed by atoms with E-state index >= 15 is 0 Å². The normalized spacial score (nSPS) is 28.9. The zero-order valence-corrected chi connectivity index (χ0v) is 12.6. The predicted octanol–water partition coefficient (Wildman–Crippen LogP) is 1.84. The van der Waals surface area contributed by atoms with Crippen LogP contribution in [0.1, 0.15) is 26.2 Å². The summed E-state index contributed by atoms with van der Waals surface area (Å²) in [5.74, 6) is -0.363. The molecule has 2 heterocycles. The van der Waals surface area contributed by atoms with Gasteiger partial charge in [0.1, 0.15) is 0 Å². The van der Waals surface area contributed by atoms with E-state index in [4.69, 9.17) is 9.47 Å². The van der Waals surface area contributed by atoms with Crippen LogP contribution in [0, 0.1) is 0 Å². The Morgan fingerprint density at radius 1 is 1.35 bits per heavy atom. The Balaban J connectivity index is 1.71. The van der Waals surface area contributed by atoms with Crippen LogP contribution >= 0.6 is 11.8 Å². The molecule has 1 aromatic heterocycles. The lowest BCUT2D eigenvalue weighted by molar-refractivity contribution is -0.178. The summed E-state index contributed by atoms with van der Waals surface area (Å²) in [6.45, 7) is 4.55. The quantitative estimate of drug-likeness (QED) is 0.856. The molecule has 0 radical (unpaired) electrons. The third-order valence-electron chi connectivity index (χ3n) is 3.88. The van der Waals surface area contributed by atoms with Gasteiger partial charge in [-0.2, -0.15) is 0 Å². The largest absolute Gasteiger partial charge is 0.347 e. The van der Waals surface area contributed by atoms with E-state index in [9.17, 15) is 0 Å². The molecule has 1 saturated heterocycles. The van der Waals surface area contributed by atoms with Crippen LogP contribution in [0.4, 0.5) is 0 Å². The van der Waals surface area contributed by atoms with Crippen molar-refractivity contribution in [2.75, 3.05) is 19.8 Å². The second-order valence-electron chi connectivity index (χ2n) is 5.20. The van der Waals surface area contributed by atoms with Gasteiger partial charge in [0, 0.05) is 36.5 Å². The summed E-state index contributed by atoms with van der Waals surface area (Å²) in [6, 6.07) is 2.31. The Hall–Kier alpha value is -0.690. The van der Waals surface area contributed by atoms with Gasteiger partial charge >= 0.3 is 0 Å². The fraction of sp³-hybridized carbons (Fsp3) is 0.714. The van der Waals surface area contributed by atoms with E-state index in [-0.39, 0.29) is 5.79 Å². The fourth-order valence-electron chi connectivity index (χ4n) is 2.97. The van der Waals surface area contributed by atoms with Crippen molar-refractivity contribution in [3.05, 3.63) is 18.5 Å². The predicted molar refractivity (Wildman–Crippen MR) is 77.6 cm³/mol. The van der Waals surface area contributed by atoms with Crippen molar-refractivity contribution in [3.8, 4) is 0 Å². The van der Waals surface area contributed by atoms with E-state index in [1.165, 1.54) is 0 Å². The lowest BCUT2D eigenvalue weighted by atomic mass is 9.89. The van der Waals surface area contributed by atoms with E-state index in [0.717, 1.165) is 31.0 Å². The molecule has 6 heteroatoms. The molecule has 5 nitrogen and oxygen atoms in total. The Morgan fingerprint density at radius 3 is 2.80 bits per heavy atom. The maximum absolute atomic E-state index is 5.87. The summed E-state index contributed by atoms with van der Waals surface area (Å²) in [6.07, 6.45) is 6.51. The first-order valence-electron chi connectivity index (χ1n) is 7.26. The van der Waals surface area contributed by atoms with Crippen molar-refractivity contribution >= 4 is 11.8 Å². The number of rotatable bonds is 4. The minimum atomic E-state index is -0.363. The van der Waals surface area contributed by atoms with Crippen molar-refractivity contribution in [2.45, 2.75) is 48.4 Å². The van der Waals surface area contributed by atoms with Crippen LogP contribution in [0.15, 0.2) is 23.6 Å². The second-order valence-corrected chi connectivity index (χ2v) is 6.41. The average molecular weight is 295 g/mol. The number of thioether (sulfide) groups is 1. The zero-order valence-electron chi connectivity index (χ0n) is 11.7. The molecular formula is C14H21N3O2S. The summed E-state index contributed by atoms with van der Waals surface area (Å²) in [5.41, 5.74) is 0. The highest BCUT2D eigenvalue weighted by atomic mass is 32.2. The third-order valence-corrected chi connectivity index (χ3v) is 5.10. The van der Waals surface area contributed by atoms with Crippen LogP contribution in [0.3, 0.4) is 0 Å². The van der Waals surface area contributed by atoms with Gasteiger partial charge in [0.2, 0.25) is 0 Å². The molecule has 2 unspecified atom stereocenters. The van der Waals surface area contributed by atoms with Crippen molar-refractivity contribution in [2.24, 2.45) is 0 Å². The molecule has 1 aliphatic heterocycles. The molecule has 1 saturated carbocycles. The molecule has 1 spiro atoms. The Labute approximate surface area is 123 Å². The number of aromatic nitrogens is 2. The Bertz CT molecular complexity index is 426. The van der Waals surface area contributed by atoms with Gasteiger partial charge in [-0.15, -0.1) is 0 Å². The molecule has 0 aromatic carbocycles. The molecule has 2 atom stereocenters. The molecule has 2 aliphatic rings. The number of hydrogen-bond acceptors (Lipinski definition) is 6. The highest BCUT2D eigenvalue weighted by molar-refractivity contribution is 7.99. The minimum absolute atomic E-state index is 0.363. The lowest BCUT2D eigenvalue weighted by Crippen LogP contribution is -2.49. The van der Waals surface area contributed by atoms with Crippen molar-refractivity contribution in [3.63, 3.8) is 0 Å².